The summed E-state index contributed by atoms with van der Waals surface area (Å²) in [6, 6.07) is 21.9. The van der Waals surface area contributed by atoms with Gasteiger partial charge in [0.05, 0.1) is 23.9 Å². The Bertz CT molecular complexity index is 1670. The molecule has 1 amide bonds. The summed E-state index contributed by atoms with van der Waals surface area (Å²) in [6.07, 6.45) is -0.373. The molecule has 232 valence electrons. The maximum absolute atomic E-state index is 12.9. The fourth-order valence-electron chi connectivity index (χ4n) is 4.56. The second-order valence-corrected chi connectivity index (χ2v) is 12.0. The SMILES string of the molecule is CO/N=C(\c1ccccc1)c1ccc2c(c1)sc(=O)n2CCOc1ccc(CC(C(=O)OC)N(C)C(=O)OC(C)(C)C)cc1. The molecule has 0 N–H and O–H groups in total. The highest BCUT2D eigenvalue weighted by molar-refractivity contribution is 7.16. The Morgan fingerprint density at radius 1 is 0.977 bits per heavy atom. The van der Waals surface area contributed by atoms with Gasteiger partial charge >= 0.3 is 16.9 Å². The van der Waals surface area contributed by atoms with Crippen molar-refractivity contribution in [3.05, 3.63) is 99.2 Å². The molecule has 0 fully saturated rings. The van der Waals surface area contributed by atoms with Crippen LogP contribution in [0.1, 0.15) is 37.5 Å². The lowest BCUT2D eigenvalue weighted by molar-refractivity contribution is -0.146. The highest BCUT2D eigenvalue weighted by Gasteiger charge is 2.31. The van der Waals surface area contributed by atoms with Crippen LogP contribution in [0.15, 0.2) is 82.7 Å². The number of ether oxygens (including phenoxy) is 3. The summed E-state index contributed by atoms with van der Waals surface area (Å²) in [5, 5.41) is 4.22. The first-order valence-electron chi connectivity index (χ1n) is 14.1. The van der Waals surface area contributed by atoms with E-state index in [2.05, 4.69) is 5.16 Å². The third kappa shape index (κ3) is 8.04. The first-order chi connectivity index (χ1) is 21.0. The van der Waals surface area contributed by atoms with Gasteiger partial charge in [-0.05, 0) is 50.6 Å². The maximum Gasteiger partial charge on any atom is 0.410 e. The molecule has 1 unspecified atom stereocenters. The molecule has 0 aliphatic heterocycles. The predicted octanol–water partition coefficient (Wildman–Crippen LogP) is 5.49. The number of esters is 1. The molecule has 3 aromatic carbocycles. The summed E-state index contributed by atoms with van der Waals surface area (Å²) in [4.78, 5) is 44.2. The normalized spacial score (nSPS) is 12.5. The van der Waals surface area contributed by atoms with Crippen LogP contribution >= 0.6 is 11.3 Å². The van der Waals surface area contributed by atoms with E-state index in [1.165, 1.54) is 37.5 Å². The summed E-state index contributed by atoms with van der Waals surface area (Å²) in [5.74, 6) is 0.0727. The van der Waals surface area contributed by atoms with Crippen molar-refractivity contribution in [3.63, 3.8) is 0 Å². The third-order valence-electron chi connectivity index (χ3n) is 6.73. The number of fused-ring (bicyclic) bond motifs is 1. The first-order valence-corrected chi connectivity index (χ1v) is 14.9. The monoisotopic (exact) mass is 619 g/mol. The Labute approximate surface area is 260 Å². The molecule has 4 aromatic rings. The maximum atomic E-state index is 12.9. The van der Waals surface area contributed by atoms with E-state index in [4.69, 9.17) is 19.0 Å². The Balaban J connectivity index is 1.41. The van der Waals surface area contributed by atoms with Gasteiger partial charge in [0.15, 0.2) is 0 Å². The van der Waals surface area contributed by atoms with Gasteiger partial charge in [0, 0.05) is 24.6 Å². The summed E-state index contributed by atoms with van der Waals surface area (Å²) in [5.41, 5.74) is 3.38. The average Bonchev–Trinajstić information content (AvgIpc) is 3.32. The topological polar surface area (TPSA) is 109 Å². The van der Waals surface area contributed by atoms with Crippen molar-refractivity contribution in [2.75, 3.05) is 27.9 Å². The molecule has 0 aliphatic carbocycles. The first kappa shape index (κ1) is 32.3. The highest BCUT2D eigenvalue weighted by atomic mass is 32.1. The molecule has 44 heavy (non-hydrogen) atoms. The van der Waals surface area contributed by atoms with Gasteiger partial charge < -0.3 is 19.0 Å². The number of thiazole rings is 1. The fourth-order valence-corrected chi connectivity index (χ4v) is 5.52. The van der Waals surface area contributed by atoms with E-state index in [-0.39, 0.29) is 17.9 Å². The third-order valence-corrected chi connectivity index (χ3v) is 7.67. The number of oxime groups is 1. The molecule has 0 spiro atoms. The van der Waals surface area contributed by atoms with Crippen LogP contribution in [-0.4, -0.2) is 66.8 Å². The molecule has 11 heteroatoms. The molecule has 1 atom stereocenters. The minimum atomic E-state index is -0.856. The second-order valence-electron chi connectivity index (χ2n) is 11.0. The van der Waals surface area contributed by atoms with Gasteiger partial charge in [0.2, 0.25) is 0 Å². The average molecular weight is 620 g/mol. The molecule has 10 nitrogen and oxygen atoms in total. The number of likely N-dealkylation sites (N-methyl/N-ethyl adjacent to an activating group) is 1. The van der Waals surface area contributed by atoms with Gasteiger partial charge in [-0.15, -0.1) is 0 Å². The minimum Gasteiger partial charge on any atom is -0.492 e. The van der Waals surface area contributed by atoms with Crippen molar-refractivity contribution in [1.29, 1.82) is 0 Å². The van der Waals surface area contributed by atoms with Crippen LogP contribution in [0.25, 0.3) is 10.2 Å². The number of rotatable bonds is 11. The Morgan fingerprint density at radius 3 is 2.32 bits per heavy atom. The van der Waals surface area contributed by atoms with Gasteiger partial charge in [-0.25, -0.2) is 9.59 Å². The van der Waals surface area contributed by atoms with Crippen LogP contribution in [0, 0.1) is 0 Å². The van der Waals surface area contributed by atoms with Crippen LogP contribution in [0.5, 0.6) is 5.75 Å². The quantitative estimate of drug-likeness (QED) is 0.124. The van der Waals surface area contributed by atoms with E-state index < -0.39 is 23.7 Å². The van der Waals surface area contributed by atoms with E-state index in [1.807, 2.05) is 60.7 Å². The zero-order valence-electron chi connectivity index (χ0n) is 25.7. The number of hydrogen-bond donors (Lipinski definition) is 0. The number of amides is 1. The van der Waals surface area contributed by atoms with Crippen LogP contribution in [-0.2, 0) is 32.1 Å². The fraction of sp³-hybridized carbons (Fsp3) is 0.333. The molecule has 4 rings (SSSR count). The Hall–Kier alpha value is -4.64. The van der Waals surface area contributed by atoms with Crippen LogP contribution in [0.4, 0.5) is 4.79 Å². The van der Waals surface area contributed by atoms with Crippen molar-refractivity contribution in [1.82, 2.24) is 9.47 Å². The van der Waals surface area contributed by atoms with Crippen LogP contribution in [0.3, 0.4) is 0 Å². The molecular formula is C33H37N3O7S. The lowest BCUT2D eigenvalue weighted by Crippen LogP contribution is -2.46. The van der Waals surface area contributed by atoms with Gasteiger partial charge in [0.1, 0.15) is 36.8 Å². The molecule has 0 bridgehead atoms. The van der Waals surface area contributed by atoms with Gasteiger partial charge in [-0.2, -0.15) is 0 Å². The van der Waals surface area contributed by atoms with E-state index in [0.717, 1.165) is 26.9 Å². The number of carbonyl (C=O) groups is 2. The second kappa shape index (κ2) is 14.2. The van der Waals surface area contributed by atoms with Crippen molar-refractivity contribution in [2.24, 2.45) is 5.16 Å². The molecule has 1 aromatic heterocycles. The number of aromatic nitrogens is 1. The van der Waals surface area contributed by atoms with Crippen molar-refractivity contribution in [2.45, 2.75) is 45.4 Å². The van der Waals surface area contributed by atoms with Crippen molar-refractivity contribution < 1.29 is 28.6 Å². The largest absolute Gasteiger partial charge is 0.492 e. The van der Waals surface area contributed by atoms with E-state index in [1.54, 1.807) is 37.5 Å². The van der Waals surface area contributed by atoms with E-state index in [9.17, 15) is 14.4 Å². The van der Waals surface area contributed by atoms with Crippen LogP contribution < -0.4 is 9.61 Å². The summed E-state index contributed by atoms with van der Waals surface area (Å²) in [6.45, 7) is 5.93. The lowest BCUT2D eigenvalue weighted by Gasteiger charge is -2.29. The molecule has 0 saturated heterocycles. The lowest BCUT2D eigenvalue weighted by atomic mass is 10.0. The molecule has 0 saturated carbocycles. The molecule has 0 aliphatic rings. The Kier molecular flexibility index (Phi) is 10.4. The van der Waals surface area contributed by atoms with Crippen LogP contribution in [0.2, 0.25) is 0 Å². The summed E-state index contributed by atoms with van der Waals surface area (Å²) in [7, 11) is 4.31. The number of methoxy groups -OCH3 is 1. The van der Waals surface area contributed by atoms with E-state index in [0.29, 0.717) is 18.0 Å². The van der Waals surface area contributed by atoms with Gasteiger partial charge in [0.25, 0.3) is 0 Å². The molecule has 0 radical (unpaired) electrons. The number of nitrogens with zero attached hydrogens (tertiary/aromatic N) is 3. The van der Waals surface area contributed by atoms with Gasteiger partial charge in [-0.3, -0.25) is 14.3 Å². The van der Waals surface area contributed by atoms with Crippen molar-refractivity contribution in [3.8, 4) is 5.75 Å². The predicted molar refractivity (Wildman–Crippen MR) is 171 cm³/mol. The number of benzene rings is 3. The standard InChI is InChI=1S/C33H37N3O7S/c1-33(2,3)43-31(38)35(4)27(30(37)40-5)20-22-12-15-25(16-13-22)42-19-18-36-26-17-14-24(21-28(26)44-32(36)39)29(34-41-6)23-10-8-7-9-11-23/h7-17,21,27H,18-20H2,1-6H3/b34-29+. The zero-order chi connectivity index (χ0) is 31.9. The summed E-state index contributed by atoms with van der Waals surface area (Å²) >= 11 is 1.17. The minimum absolute atomic E-state index is 0.0796. The zero-order valence-corrected chi connectivity index (χ0v) is 26.6. The van der Waals surface area contributed by atoms with Crippen molar-refractivity contribution >= 4 is 39.3 Å². The smallest absolute Gasteiger partial charge is 0.410 e. The Morgan fingerprint density at radius 2 is 1.68 bits per heavy atom. The van der Waals surface area contributed by atoms with Gasteiger partial charge in [-0.1, -0.05) is 65.0 Å². The summed E-state index contributed by atoms with van der Waals surface area (Å²) < 4.78 is 18.8. The molecular weight excluding hydrogens is 582 g/mol. The highest BCUT2D eigenvalue weighted by Crippen LogP contribution is 2.22. The number of hydrogen-bond acceptors (Lipinski definition) is 9. The molecule has 1 heterocycles. The van der Waals surface area contributed by atoms with E-state index >= 15 is 0 Å². The number of carbonyl (C=O) groups excluding carboxylic acids is 2.